The van der Waals surface area contributed by atoms with Crippen molar-refractivity contribution in [1.82, 2.24) is 15.0 Å². The van der Waals surface area contributed by atoms with Crippen LogP contribution in [-0.2, 0) is 21.2 Å². The Kier molecular flexibility index (Phi) is 5.86. The summed E-state index contributed by atoms with van der Waals surface area (Å²) in [6.07, 6.45) is 0.666. The van der Waals surface area contributed by atoms with E-state index < -0.39 is 16.1 Å². The van der Waals surface area contributed by atoms with Crippen molar-refractivity contribution < 1.29 is 13.2 Å². The van der Waals surface area contributed by atoms with Crippen LogP contribution in [0.15, 0.2) is 53.4 Å². The minimum Gasteiger partial charge on any atom is -0.358 e. The van der Waals surface area contributed by atoms with Crippen molar-refractivity contribution in [3.8, 4) is 0 Å². The summed E-state index contributed by atoms with van der Waals surface area (Å²) in [6.45, 7) is 5.86. The molecule has 1 atom stereocenters. The van der Waals surface area contributed by atoms with Gasteiger partial charge in [0.15, 0.2) is 0 Å². The number of hydrogen-bond donors (Lipinski definition) is 3. The average molecular weight is 400 g/mol. The fourth-order valence-electron chi connectivity index (χ4n) is 3.19. The second kappa shape index (κ2) is 8.16. The molecule has 0 aliphatic heterocycles. The van der Waals surface area contributed by atoms with Gasteiger partial charge in [-0.25, -0.2) is 8.42 Å². The van der Waals surface area contributed by atoms with Crippen LogP contribution in [0.2, 0.25) is 0 Å². The molecule has 2 aromatic carbocycles. The van der Waals surface area contributed by atoms with Gasteiger partial charge in [-0.15, -0.1) is 0 Å². The molecule has 1 aromatic heterocycles. The van der Waals surface area contributed by atoms with E-state index in [2.05, 4.69) is 15.0 Å². The van der Waals surface area contributed by atoms with Gasteiger partial charge in [0.1, 0.15) is 0 Å². The molecule has 0 saturated carbocycles. The minimum absolute atomic E-state index is 0.146. The lowest BCUT2D eigenvalue weighted by molar-refractivity contribution is -0.122. The summed E-state index contributed by atoms with van der Waals surface area (Å²) in [5.74, 6) is -0.354. The fourth-order valence-corrected chi connectivity index (χ4v) is 4.40. The van der Waals surface area contributed by atoms with E-state index in [0.717, 1.165) is 27.7 Å². The summed E-state index contributed by atoms with van der Waals surface area (Å²) in [5.41, 5.74) is 4.27. The third-order valence-corrected chi connectivity index (χ3v) is 6.31. The molecule has 0 radical (unpaired) electrons. The molecule has 0 aliphatic rings. The Hall–Kier alpha value is -2.64. The van der Waals surface area contributed by atoms with Crippen molar-refractivity contribution in [2.75, 3.05) is 6.54 Å². The number of carbonyl (C=O) groups excluding carboxylic acids is 1. The molecule has 1 unspecified atom stereocenters. The Balaban J connectivity index is 1.58. The zero-order chi connectivity index (χ0) is 20.3. The van der Waals surface area contributed by atoms with E-state index in [1.807, 2.05) is 38.1 Å². The van der Waals surface area contributed by atoms with Gasteiger partial charge in [0, 0.05) is 23.1 Å². The van der Waals surface area contributed by atoms with E-state index in [0.29, 0.717) is 13.0 Å². The quantitative estimate of drug-likeness (QED) is 0.571. The van der Waals surface area contributed by atoms with Gasteiger partial charge in [-0.1, -0.05) is 35.9 Å². The number of nitrogens with one attached hydrogen (secondary N) is 3. The number of aromatic nitrogens is 1. The lowest BCUT2D eigenvalue weighted by Crippen LogP contribution is -2.45. The van der Waals surface area contributed by atoms with E-state index in [9.17, 15) is 13.2 Å². The summed E-state index contributed by atoms with van der Waals surface area (Å²) in [6, 6.07) is 13.7. The number of para-hydroxylation sites is 1. The van der Waals surface area contributed by atoms with Crippen LogP contribution in [0.3, 0.4) is 0 Å². The van der Waals surface area contributed by atoms with E-state index in [4.69, 9.17) is 0 Å². The Morgan fingerprint density at radius 3 is 2.46 bits per heavy atom. The molecule has 0 fully saturated rings. The van der Waals surface area contributed by atoms with Crippen LogP contribution in [-0.4, -0.2) is 31.9 Å². The van der Waals surface area contributed by atoms with Crippen molar-refractivity contribution in [3.05, 3.63) is 65.4 Å². The van der Waals surface area contributed by atoms with E-state index in [1.54, 1.807) is 12.1 Å². The smallest absolute Gasteiger partial charge is 0.241 e. The van der Waals surface area contributed by atoms with Gasteiger partial charge < -0.3 is 10.3 Å². The Morgan fingerprint density at radius 2 is 1.75 bits per heavy atom. The first kappa shape index (κ1) is 20.1. The zero-order valence-corrected chi connectivity index (χ0v) is 17.1. The summed E-state index contributed by atoms with van der Waals surface area (Å²) < 4.78 is 27.3. The summed E-state index contributed by atoms with van der Waals surface area (Å²) in [4.78, 5) is 15.8. The van der Waals surface area contributed by atoms with Gasteiger partial charge in [0.05, 0.1) is 10.9 Å². The third kappa shape index (κ3) is 4.43. The maximum absolute atomic E-state index is 12.4. The van der Waals surface area contributed by atoms with Crippen LogP contribution in [0.4, 0.5) is 0 Å². The first-order chi connectivity index (χ1) is 13.3. The second-order valence-electron chi connectivity index (χ2n) is 6.97. The SMILES string of the molecule is Cc1ccc(S(=O)(=O)NC(C)C(=O)NCCc2c(C)[nH]c3ccccc23)cc1. The number of carbonyl (C=O) groups is 1. The third-order valence-electron chi connectivity index (χ3n) is 4.76. The van der Waals surface area contributed by atoms with Crippen LogP contribution in [0.1, 0.15) is 23.7 Å². The van der Waals surface area contributed by atoms with E-state index in [1.165, 1.54) is 19.1 Å². The molecule has 0 bridgehead atoms. The minimum atomic E-state index is -3.74. The maximum Gasteiger partial charge on any atom is 0.241 e. The molecule has 0 aliphatic carbocycles. The first-order valence-electron chi connectivity index (χ1n) is 9.21. The molecular weight excluding hydrogens is 374 g/mol. The van der Waals surface area contributed by atoms with Crippen molar-refractivity contribution in [2.24, 2.45) is 0 Å². The number of benzene rings is 2. The first-order valence-corrected chi connectivity index (χ1v) is 10.7. The van der Waals surface area contributed by atoms with Gasteiger partial charge in [-0.3, -0.25) is 4.79 Å². The fraction of sp³-hybridized carbons (Fsp3) is 0.286. The number of rotatable bonds is 7. The Labute approximate surface area is 165 Å². The van der Waals surface area contributed by atoms with E-state index in [-0.39, 0.29) is 10.8 Å². The number of H-pyrrole nitrogens is 1. The molecule has 28 heavy (non-hydrogen) atoms. The molecule has 148 valence electrons. The number of amides is 1. The molecule has 3 aromatic rings. The number of aromatic amines is 1. The largest absolute Gasteiger partial charge is 0.358 e. The van der Waals surface area contributed by atoms with Gasteiger partial charge in [0.25, 0.3) is 0 Å². The van der Waals surface area contributed by atoms with E-state index >= 15 is 0 Å². The Morgan fingerprint density at radius 1 is 1.07 bits per heavy atom. The van der Waals surface area contributed by atoms with Gasteiger partial charge in [-0.2, -0.15) is 4.72 Å². The summed E-state index contributed by atoms with van der Waals surface area (Å²) in [5, 5.41) is 3.96. The molecular formula is C21H25N3O3S. The number of fused-ring (bicyclic) bond motifs is 1. The highest BCUT2D eigenvalue weighted by atomic mass is 32.2. The van der Waals surface area contributed by atoms with Crippen molar-refractivity contribution in [1.29, 1.82) is 0 Å². The van der Waals surface area contributed by atoms with Crippen molar-refractivity contribution in [2.45, 2.75) is 38.1 Å². The predicted molar refractivity (Wildman–Crippen MR) is 111 cm³/mol. The molecule has 3 N–H and O–H groups in total. The number of sulfonamides is 1. The number of aryl methyl sites for hydroxylation is 2. The monoisotopic (exact) mass is 399 g/mol. The van der Waals surface area contributed by atoms with Crippen LogP contribution in [0.5, 0.6) is 0 Å². The second-order valence-corrected chi connectivity index (χ2v) is 8.69. The average Bonchev–Trinajstić information content (AvgIpc) is 2.97. The van der Waals surface area contributed by atoms with Crippen LogP contribution < -0.4 is 10.0 Å². The highest BCUT2D eigenvalue weighted by molar-refractivity contribution is 7.89. The molecule has 7 heteroatoms. The van der Waals surface area contributed by atoms with Crippen LogP contribution in [0.25, 0.3) is 10.9 Å². The van der Waals surface area contributed by atoms with Gasteiger partial charge in [0.2, 0.25) is 15.9 Å². The van der Waals surface area contributed by atoms with Crippen LogP contribution >= 0.6 is 0 Å². The molecule has 0 saturated heterocycles. The zero-order valence-electron chi connectivity index (χ0n) is 16.2. The van der Waals surface area contributed by atoms with Gasteiger partial charge >= 0.3 is 0 Å². The lowest BCUT2D eigenvalue weighted by Gasteiger charge is -2.14. The molecule has 1 heterocycles. The molecule has 3 rings (SSSR count). The van der Waals surface area contributed by atoms with Crippen molar-refractivity contribution in [3.63, 3.8) is 0 Å². The predicted octanol–water partition coefficient (Wildman–Crippen LogP) is 2.81. The van der Waals surface area contributed by atoms with Crippen molar-refractivity contribution >= 4 is 26.8 Å². The van der Waals surface area contributed by atoms with Gasteiger partial charge in [-0.05, 0) is 51.0 Å². The molecule has 1 amide bonds. The normalized spacial score (nSPS) is 12.8. The maximum atomic E-state index is 12.4. The standard InChI is InChI=1S/C21H25N3O3S/c1-14-8-10-17(11-9-14)28(26,27)24-16(3)21(25)22-13-12-18-15(2)23-20-7-5-4-6-19(18)20/h4-11,16,23-24H,12-13H2,1-3H3,(H,22,25). The molecule has 0 spiro atoms. The topological polar surface area (TPSA) is 91.1 Å². The number of hydrogen-bond acceptors (Lipinski definition) is 3. The van der Waals surface area contributed by atoms with Crippen LogP contribution in [0, 0.1) is 13.8 Å². The summed E-state index contributed by atoms with van der Waals surface area (Å²) >= 11 is 0. The lowest BCUT2D eigenvalue weighted by atomic mass is 10.1. The highest BCUT2D eigenvalue weighted by Crippen LogP contribution is 2.21. The highest BCUT2D eigenvalue weighted by Gasteiger charge is 2.21. The summed E-state index contributed by atoms with van der Waals surface area (Å²) in [7, 11) is -3.74. The molecule has 6 nitrogen and oxygen atoms in total. The Bertz CT molecular complexity index is 1090.